The third-order valence-corrected chi connectivity index (χ3v) is 0.886. The molecule has 0 radical (unpaired) electrons. The maximum absolute atomic E-state index is 7.94. The standard InChI is InChI=1S/3C3H8O2.Ce/c3*1-5-3-2-4;/h3*4H,2-3H2,1H3;. The van der Waals surface area contributed by atoms with Gasteiger partial charge in [0.25, 0.3) is 0 Å². The van der Waals surface area contributed by atoms with Crippen molar-refractivity contribution in [2.45, 2.75) is 0 Å². The molecule has 0 atom stereocenters. The van der Waals surface area contributed by atoms with E-state index in [4.69, 9.17) is 15.3 Å². The predicted octanol–water partition coefficient (Wildman–Crippen LogP) is -1.12. The van der Waals surface area contributed by atoms with Gasteiger partial charge in [0, 0.05) is 63.1 Å². The first kappa shape index (κ1) is 25.9. The van der Waals surface area contributed by atoms with Gasteiger partial charge in [-0.3, -0.25) is 0 Å². The maximum Gasteiger partial charge on any atom is 0.0693 e. The largest absolute Gasteiger partial charge is 0.394 e. The summed E-state index contributed by atoms with van der Waals surface area (Å²) in [6.07, 6.45) is 0. The van der Waals surface area contributed by atoms with Gasteiger partial charge < -0.3 is 29.5 Å². The summed E-state index contributed by atoms with van der Waals surface area (Å²) in [5.74, 6) is 0. The summed E-state index contributed by atoms with van der Waals surface area (Å²) in [6.45, 7) is 1.70. The molecule has 0 aromatic rings. The van der Waals surface area contributed by atoms with Crippen molar-refractivity contribution in [3.8, 4) is 0 Å². The first-order chi connectivity index (χ1) is 7.24. The zero-order valence-corrected chi connectivity index (χ0v) is 13.4. The number of rotatable bonds is 6. The Balaban J connectivity index is -0.0000000655. The topological polar surface area (TPSA) is 88.4 Å². The van der Waals surface area contributed by atoms with E-state index >= 15 is 0 Å². The Morgan fingerprint density at radius 2 is 0.812 bits per heavy atom. The molecule has 0 bridgehead atoms. The summed E-state index contributed by atoms with van der Waals surface area (Å²) in [4.78, 5) is 0. The first-order valence-corrected chi connectivity index (χ1v) is 4.54. The van der Waals surface area contributed by atoms with Crippen LogP contribution in [0.4, 0.5) is 0 Å². The minimum atomic E-state index is 0. The second-order valence-electron chi connectivity index (χ2n) is 2.15. The quantitative estimate of drug-likeness (QED) is 0.550. The van der Waals surface area contributed by atoms with Crippen LogP contribution in [0.3, 0.4) is 0 Å². The monoisotopic (exact) mass is 368 g/mol. The zero-order valence-electron chi connectivity index (χ0n) is 10.3. The Morgan fingerprint density at radius 1 is 0.625 bits per heavy atom. The van der Waals surface area contributed by atoms with E-state index in [1.165, 1.54) is 0 Å². The van der Waals surface area contributed by atoms with Gasteiger partial charge in [-0.2, -0.15) is 0 Å². The fourth-order valence-corrected chi connectivity index (χ4v) is 0.274. The predicted molar refractivity (Wildman–Crippen MR) is 56.9 cm³/mol. The summed E-state index contributed by atoms with van der Waals surface area (Å²) in [7, 11) is 4.66. The molecule has 6 nitrogen and oxygen atoms in total. The zero-order chi connectivity index (χ0) is 12.4. The fraction of sp³-hybridized carbons (Fsp3) is 1.00. The van der Waals surface area contributed by atoms with Crippen molar-refractivity contribution in [3.05, 3.63) is 0 Å². The average Bonchev–Trinajstić information content (AvgIpc) is 2.23. The van der Waals surface area contributed by atoms with E-state index in [9.17, 15) is 0 Å². The van der Waals surface area contributed by atoms with Crippen LogP contribution in [-0.2, 0) is 14.2 Å². The molecule has 0 fully saturated rings. The van der Waals surface area contributed by atoms with Gasteiger partial charge in [0.05, 0.1) is 39.6 Å². The second kappa shape index (κ2) is 36.0. The smallest absolute Gasteiger partial charge is 0.0693 e. The van der Waals surface area contributed by atoms with Crippen LogP contribution in [0, 0.1) is 41.7 Å². The van der Waals surface area contributed by atoms with Gasteiger partial charge in [-0.1, -0.05) is 0 Å². The van der Waals surface area contributed by atoms with E-state index in [1.807, 2.05) is 0 Å². The van der Waals surface area contributed by atoms with Crippen molar-refractivity contribution < 1.29 is 71.3 Å². The molecule has 0 aromatic heterocycles. The van der Waals surface area contributed by atoms with Gasteiger partial charge in [-0.05, 0) is 0 Å². The summed E-state index contributed by atoms with van der Waals surface area (Å²) in [5.41, 5.74) is 0. The molecule has 3 N–H and O–H groups in total. The van der Waals surface area contributed by atoms with Crippen LogP contribution in [-0.4, -0.2) is 76.3 Å². The van der Waals surface area contributed by atoms with E-state index in [-0.39, 0.29) is 61.6 Å². The van der Waals surface area contributed by atoms with Gasteiger partial charge in [0.1, 0.15) is 0 Å². The van der Waals surface area contributed by atoms with Crippen LogP contribution in [0.5, 0.6) is 0 Å². The molecule has 0 heterocycles. The summed E-state index contributed by atoms with van der Waals surface area (Å²) >= 11 is 0. The van der Waals surface area contributed by atoms with Crippen molar-refractivity contribution in [1.82, 2.24) is 0 Å². The van der Waals surface area contributed by atoms with Crippen molar-refractivity contribution in [2.24, 2.45) is 0 Å². The second-order valence-corrected chi connectivity index (χ2v) is 2.15. The Kier molecular flexibility index (Phi) is 58.1. The number of methoxy groups -OCH3 is 3. The van der Waals surface area contributed by atoms with Crippen molar-refractivity contribution >= 4 is 0 Å². The Morgan fingerprint density at radius 3 is 0.812 bits per heavy atom. The summed E-state index contributed by atoms with van der Waals surface area (Å²) < 4.78 is 13.3. The van der Waals surface area contributed by atoms with Gasteiger partial charge in [0.2, 0.25) is 0 Å². The molecule has 0 aliphatic carbocycles. The minimum absolute atomic E-state index is 0. The Bertz CT molecular complexity index is 56.8. The minimum Gasteiger partial charge on any atom is -0.394 e. The van der Waals surface area contributed by atoms with Crippen LogP contribution in [0.25, 0.3) is 0 Å². The average molecular weight is 368 g/mol. The van der Waals surface area contributed by atoms with Gasteiger partial charge >= 0.3 is 0 Å². The van der Waals surface area contributed by atoms with E-state index in [0.717, 1.165) is 0 Å². The number of ether oxygens (including phenoxy) is 3. The number of hydrogen-bond donors (Lipinski definition) is 3. The van der Waals surface area contributed by atoms with Gasteiger partial charge in [0.15, 0.2) is 0 Å². The first-order valence-electron chi connectivity index (χ1n) is 4.54. The van der Waals surface area contributed by atoms with Crippen LogP contribution >= 0.6 is 0 Å². The number of aliphatic hydroxyl groups excluding tert-OH is 3. The molecule has 0 aliphatic rings. The normalized spacial score (nSPS) is 7.88. The van der Waals surface area contributed by atoms with E-state index in [1.54, 1.807) is 21.3 Å². The van der Waals surface area contributed by atoms with Crippen LogP contribution in [0.1, 0.15) is 0 Å². The van der Waals surface area contributed by atoms with Crippen LogP contribution in [0.15, 0.2) is 0 Å². The van der Waals surface area contributed by atoms with Crippen LogP contribution < -0.4 is 0 Å². The Labute approximate surface area is 131 Å². The van der Waals surface area contributed by atoms with Crippen LogP contribution in [0.2, 0.25) is 0 Å². The molecule has 0 rings (SSSR count). The molecule has 0 saturated carbocycles. The van der Waals surface area contributed by atoms with E-state index < -0.39 is 0 Å². The fourth-order valence-electron chi connectivity index (χ4n) is 0.274. The van der Waals surface area contributed by atoms with Crippen molar-refractivity contribution in [1.29, 1.82) is 0 Å². The van der Waals surface area contributed by atoms with Gasteiger partial charge in [-0.15, -0.1) is 0 Å². The molecular formula is C9H24CeO6. The molecule has 0 saturated heterocycles. The molecule has 0 aliphatic heterocycles. The molecular weight excluding hydrogens is 344 g/mol. The van der Waals surface area contributed by atoms with Gasteiger partial charge in [-0.25, -0.2) is 0 Å². The summed E-state index contributed by atoms with van der Waals surface area (Å²) in [5, 5.41) is 23.8. The molecule has 100 valence electrons. The van der Waals surface area contributed by atoms with Crippen molar-refractivity contribution in [3.63, 3.8) is 0 Å². The molecule has 16 heavy (non-hydrogen) atoms. The number of aliphatic hydroxyl groups is 3. The molecule has 0 unspecified atom stereocenters. The van der Waals surface area contributed by atoms with E-state index in [0.29, 0.717) is 19.8 Å². The maximum atomic E-state index is 7.94. The number of hydrogen-bond acceptors (Lipinski definition) is 6. The third-order valence-electron chi connectivity index (χ3n) is 0.886. The molecule has 0 aromatic carbocycles. The van der Waals surface area contributed by atoms with E-state index in [2.05, 4.69) is 14.2 Å². The summed E-state index contributed by atoms with van der Waals surface area (Å²) in [6, 6.07) is 0. The molecule has 0 amide bonds. The SMILES string of the molecule is COCCO.COCCO.COCCO.[Ce]. The molecule has 0 spiro atoms. The molecule has 7 heteroatoms. The Hall–Kier alpha value is 1.14. The third kappa shape index (κ3) is 59.4. The van der Waals surface area contributed by atoms with Crippen molar-refractivity contribution in [2.75, 3.05) is 61.0 Å².